The smallest absolute Gasteiger partial charge is 0.303 e. The zero-order chi connectivity index (χ0) is 27.8. The maximum Gasteiger partial charge on any atom is 0.303 e. The first-order valence-corrected chi connectivity index (χ1v) is 13.1. The van der Waals surface area contributed by atoms with Crippen LogP contribution < -0.4 is 0 Å². The summed E-state index contributed by atoms with van der Waals surface area (Å²) in [5.74, 6) is -1.80. The van der Waals surface area contributed by atoms with Crippen LogP contribution in [0.5, 0.6) is 0 Å². The van der Waals surface area contributed by atoms with E-state index in [0.717, 1.165) is 16.7 Å². The van der Waals surface area contributed by atoms with Crippen LogP contribution in [0.2, 0.25) is 0 Å². The molecule has 0 saturated heterocycles. The molecule has 0 aliphatic heterocycles. The highest BCUT2D eigenvalue weighted by Crippen LogP contribution is 2.42. The third-order valence-corrected chi connectivity index (χ3v) is 6.96. The van der Waals surface area contributed by atoms with Gasteiger partial charge in [-0.2, -0.15) is 0 Å². The molecule has 3 aromatic carbocycles. The van der Waals surface area contributed by atoms with Gasteiger partial charge in [-0.05, 0) is 29.5 Å². The molecule has 3 aromatic rings. The van der Waals surface area contributed by atoms with Crippen LogP contribution in [-0.2, 0) is 38.9 Å². The van der Waals surface area contributed by atoms with Gasteiger partial charge >= 0.3 is 17.9 Å². The molecule has 0 heterocycles. The van der Waals surface area contributed by atoms with E-state index in [2.05, 4.69) is 0 Å². The van der Waals surface area contributed by atoms with Gasteiger partial charge in [-0.15, -0.1) is 0 Å². The topological polar surface area (TPSA) is 88.1 Å². The van der Waals surface area contributed by atoms with E-state index < -0.39 is 41.8 Å². The Hall–Kier alpha value is -3.97. The van der Waals surface area contributed by atoms with Gasteiger partial charge in [-0.3, -0.25) is 14.4 Å². The molecule has 1 saturated carbocycles. The molecule has 0 N–H and O–H groups in total. The molecule has 4 rings (SSSR count). The van der Waals surface area contributed by atoms with Crippen LogP contribution in [0.25, 0.3) is 0 Å². The summed E-state index contributed by atoms with van der Waals surface area (Å²) in [7, 11) is 0. The fourth-order valence-electron chi connectivity index (χ4n) is 5.48. The largest absolute Gasteiger partial charge is 0.458 e. The van der Waals surface area contributed by atoms with Crippen molar-refractivity contribution in [3.8, 4) is 0 Å². The summed E-state index contributed by atoms with van der Waals surface area (Å²) in [5.41, 5.74) is 2.02. The van der Waals surface area contributed by atoms with Gasteiger partial charge in [0.15, 0.2) is 6.10 Å². The summed E-state index contributed by atoms with van der Waals surface area (Å²) >= 11 is 0. The lowest BCUT2D eigenvalue weighted by atomic mass is 9.80. The predicted molar refractivity (Wildman–Crippen MR) is 145 cm³/mol. The van der Waals surface area contributed by atoms with Gasteiger partial charge in [0.25, 0.3) is 0 Å². The summed E-state index contributed by atoms with van der Waals surface area (Å²) in [6.07, 6.45) is -1.53. The number of ether oxygens (including phenoxy) is 4. The Bertz CT molecular complexity index is 1150. The second-order valence-corrected chi connectivity index (χ2v) is 9.71. The van der Waals surface area contributed by atoms with E-state index in [1.165, 1.54) is 20.8 Å². The molecule has 7 heteroatoms. The molecule has 4 atom stereocenters. The Labute approximate surface area is 229 Å². The number of benzene rings is 3. The van der Waals surface area contributed by atoms with Gasteiger partial charge in [0.2, 0.25) is 0 Å². The van der Waals surface area contributed by atoms with Gasteiger partial charge in [0.05, 0.1) is 0 Å². The average Bonchev–Trinajstić information content (AvgIpc) is 3.22. The third-order valence-electron chi connectivity index (χ3n) is 6.96. The monoisotopic (exact) mass is 530 g/mol. The molecule has 0 amide bonds. The maximum absolute atomic E-state index is 12.0. The minimum absolute atomic E-state index is 0.261. The van der Waals surface area contributed by atoms with E-state index in [1.54, 1.807) is 0 Å². The Morgan fingerprint density at radius 1 is 0.641 bits per heavy atom. The summed E-state index contributed by atoms with van der Waals surface area (Å²) < 4.78 is 23.5. The molecule has 204 valence electrons. The van der Waals surface area contributed by atoms with Gasteiger partial charge in [-0.1, -0.05) is 91.0 Å². The first-order chi connectivity index (χ1) is 18.8. The zero-order valence-electron chi connectivity index (χ0n) is 22.4. The van der Waals surface area contributed by atoms with Gasteiger partial charge in [-0.25, -0.2) is 0 Å². The van der Waals surface area contributed by atoms with Crippen LogP contribution >= 0.6 is 0 Å². The molecule has 0 aromatic heterocycles. The number of esters is 3. The molecule has 1 fully saturated rings. The Kier molecular flexibility index (Phi) is 9.15. The van der Waals surface area contributed by atoms with Crippen molar-refractivity contribution >= 4 is 17.9 Å². The number of hydrogen-bond donors (Lipinski definition) is 0. The van der Waals surface area contributed by atoms with Crippen molar-refractivity contribution in [2.75, 3.05) is 6.61 Å². The molecule has 0 spiro atoms. The van der Waals surface area contributed by atoms with Crippen molar-refractivity contribution in [3.63, 3.8) is 0 Å². The van der Waals surface area contributed by atoms with E-state index in [1.807, 2.05) is 91.0 Å². The zero-order valence-corrected chi connectivity index (χ0v) is 22.4. The van der Waals surface area contributed by atoms with Crippen LogP contribution in [0.15, 0.2) is 91.0 Å². The molecule has 0 unspecified atom stereocenters. The predicted octanol–water partition coefficient (Wildman–Crippen LogP) is 5.20. The second kappa shape index (κ2) is 12.7. The Morgan fingerprint density at radius 2 is 1.05 bits per heavy atom. The minimum Gasteiger partial charge on any atom is -0.458 e. The summed E-state index contributed by atoms with van der Waals surface area (Å²) in [4.78, 5) is 35.6. The third kappa shape index (κ3) is 6.55. The molecule has 39 heavy (non-hydrogen) atoms. The highest BCUT2D eigenvalue weighted by molar-refractivity contribution is 5.68. The van der Waals surface area contributed by atoms with Crippen LogP contribution in [0.4, 0.5) is 0 Å². The Morgan fingerprint density at radius 3 is 1.46 bits per heavy atom. The lowest BCUT2D eigenvalue weighted by Crippen LogP contribution is -2.40. The lowest BCUT2D eigenvalue weighted by Gasteiger charge is -2.36. The van der Waals surface area contributed by atoms with E-state index in [0.29, 0.717) is 19.4 Å². The van der Waals surface area contributed by atoms with Gasteiger partial charge in [0, 0.05) is 33.3 Å². The van der Waals surface area contributed by atoms with Gasteiger partial charge < -0.3 is 18.9 Å². The molecule has 0 bridgehead atoms. The first-order valence-electron chi connectivity index (χ1n) is 13.1. The van der Waals surface area contributed by atoms with Crippen molar-refractivity contribution < 1.29 is 33.3 Å². The number of hydrogen-bond acceptors (Lipinski definition) is 7. The molecule has 0 radical (unpaired) electrons. The second-order valence-electron chi connectivity index (χ2n) is 9.71. The van der Waals surface area contributed by atoms with Gasteiger partial charge in [0.1, 0.15) is 17.8 Å². The van der Waals surface area contributed by atoms with E-state index in [-0.39, 0.29) is 5.92 Å². The maximum atomic E-state index is 12.0. The number of carbonyl (C=O) groups excluding carboxylic acids is 3. The fraction of sp³-hybridized carbons (Fsp3) is 0.344. The Balaban J connectivity index is 1.67. The summed E-state index contributed by atoms with van der Waals surface area (Å²) in [6, 6.07) is 30.1. The number of rotatable bonds is 10. The highest BCUT2D eigenvalue weighted by Gasteiger charge is 2.49. The number of carbonyl (C=O) groups is 3. The first kappa shape index (κ1) is 28.0. The van der Waals surface area contributed by atoms with E-state index in [9.17, 15) is 14.4 Å². The summed E-state index contributed by atoms with van der Waals surface area (Å²) in [5, 5.41) is 0. The van der Waals surface area contributed by atoms with E-state index in [4.69, 9.17) is 18.9 Å². The minimum atomic E-state index is -0.899. The normalized spacial score (nSPS) is 20.7. The SMILES string of the molecule is CC(=O)O[C@@H]1[C@@H](CCOC(c2ccccc2)(c2ccccc2)c2ccccc2)C[C@H](OC(C)=O)[C@H]1OC(C)=O. The molecule has 1 aliphatic rings. The van der Waals surface area contributed by atoms with Crippen LogP contribution in [0.1, 0.15) is 50.3 Å². The van der Waals surface area contributed by atoms with Crippen molar-refractivity contribution in [1.82, 2.24) is 0 Å². The van der Waals surface area contributed by atoms with Crippen molar-refractivity contribution in [3.05, 3.63) is 108 Å². The van der Waals surface area contributed by atoms with E-state index >= 15 is 0 Å². The van der Waals surface area contributed by atoms with Crippen molar-refractivity contribution in [1.29, 1.82) is 0 Å². The van der Waals surface area contributed by atoms with Crippen LogP contribution in [0, 0.1) is 5.92 Å². The van der Waals surface area contributed by atoms with Crippen LogP contribution in [0.3, 0.4) is 0 Å². The molecule has 7 nitrogen and oxygen atoms in total. The fourth-order valence-corrected chi connectivity index (χ4v) is 5.48. The standard InChI is InChI=1S/C32H34O7/c1-22(33)37-29-21-25(30(38-23(2)34)31(29)39-24(3)35)19-20-36-32(26-13-7-4-8-14-26,27-15-9-5-10-16-27)28-17-11-6-12-18-28/h4-18,25,29-31H,19-21H2,1-3H3/t25-,29-,30+,31+/m0/s1. The molecular formula is C32H34O7. The highest BCUT2D eigenvalue weighted by atomic mass is 16.6. The lowest BCUT2D eigenvalue weighted by molar-refractivity contribution is -0.175. The van der Waals surface area contributed by atoms with Crippen molar-refractivity contribution in [2.45, 2.75) is 57.5 Å². The summed E-state index contributed by atoms with van der Waals surface area (Å²) in [6.45, 7) is 4.18. The average molecular weight is 531 g/mol. The van der Waals surface area contributed by atoms with Crippen LogP contribution in [-0.4, -0.2) is 42.8 Å². The quantitative estimate of drug-likeness (QED) is 0.202. The van der Waals surface area contributed by atoms with Crippen molar-refractivity contribution in [2.24, 2.45) is 5.92 Å². The molecule has 1 aliphatic carbocycles. The molecular weight excluding hydrogens is 496 g/mol.